The number of Topliss-reactive ketones (excluding diaryl/α,β-unsaturated/α-hetero) is 1. The number of aliphatic hydroxyl groups is 1. The van der Waals surface area contributed by atoms with Gasteiger partial charge in [-0.15, -0.1) is 11.3 Å². The lowest BCUT2D eigenvalue weighted by Gasteiger charge is -2.24. The first-order valence-electron chi connectivity index (χ1n) is 10.6. The van der Waals surface area contributed by atoms with E-state index in [0.717, 1.165) is 0 Å². The quantitative estimate of drug-likeness (QED) is 0.267. The lowest BCUT2D eigenvalue weighted by Crippen LogP contribution is -2.30. The van der Waals surface area contributed by atoms with E-state index < -0.39 is 23.5 Å². The number of para-hydroxylation sites is 1. The van der Waals surface area contributed by atoms with Crippen LogP contribution in [-0.2, 0) is 4.79 Å². The molecule has 35 heavy (non-hydrogen) atoms. The van der Waals surface area contributed by atoms with Gasteiger partial charge in [0.25, 0.3) is 5.91 Å². The number of carbonyl (C=O) groups is 2. The number of anilines is 1. The summed E-state index contributed by atoms with van der Waals surface area (Å²) in [5, 5.41) is 13.6. The molecule has 1 amide bonds. The molecular formula is C26H20N2O6S. The van der Waals surface area contributed by atoms with Gasteiger partial charge in [-0.1, -0.05) is 36.9 Å². The van der Waals surface area contributed by atoms with E-state index in [1.165, 1.54) is 23.3 Å². The van der Waals surface area contributed by atoms with Gasteiger partial charge in [-0.05, 0) is 29.8 Å². The fourth-order valence-corrected chi connectivity index (χ4v) is 4.72. The van der Waals surface area contributed by atoms with Crippen molar-refractivity contribution in [2.24, 2.45) is 0 Å². The molecule has 3 heterocycles. The second kappa shape index (κ2) is 9.11. The second-order valence-corrected chi connectivity index (χ2v) is 8.52. The Morgan fingerprint density at radius 1 is 1.29 bits per heavy atom. The van der Waals surface area contributed by atoms with Crippen molar-refractivity contribution >= 4 is 39.1 Å². The number of aromatic nitrogens is 1. The van der Waals surface area contributed by atoms with Crippen LogP contribution in [-0.4, -0.2) is 35.5 Å². The van der Waals surface area contributed by atoms with Crippen LogP contribution in [0.5, 0.6) is 11.5 Å². The molecule has 0 saturated carbocycles. The lowest BCUT2D eigenvalue weighted by atomic mass is 9.95. The third-order valence-corrected chi connectivity index (χ3v) is 6.34. The molecule has 1 unspecified atom stereocenters. The molecule has 0 spiro atoms. The van der Waals surface area contributed by atoms with Crippen molar-refractivity contribution < 1.29 is 28.6 Å². The van der Waals surface area contributed by atoms with Gasteiger partial charge in [-0.2, -0.15) is 0 Å². The van der Waals surface area contributed by atoms with Crippen LogP contribution in [0.15, 0.2) is 88.5 Å². The highest BCUT2D eigenvalue weighted by molar-refractivity contribution is 7.13. The molecule has 4 aromatic rings. The molecule has 0 saturated heterocycles. The van der Waals surface area contributed by atoms with E-state index in [2.05, 4.69) is 11.6 Å². The van der Waals surface area contributed by atoms with Crippen molar-refractivity contribution in [3.63, 3.8) is 0 Å². The van der Waals surface area contributed by atoms with Crippen molar-refractivity contribution in [3.8, 4) is 11.5 Å². The number of furan rings is 1. The Balaban J connectivity index is 1.63. The second-order valence-electron chi connectivity index (χ2n) is 7.65. The number of ketones is 1. The summed E-state index contributed by atoms with van der Waals surface area (Å²) < 4.78 is 16.8. The minimum absolute atomic E-state index is 0.0242. The van der Waals surface area contributed by atoms with Crippen LogP contribution in [0.3, 0.4) is 0 Å². The number of aliphatic hydroxyl groups excluding tert-OH is 1. The van der Waals surface area contributed by atoms with Crippen molar-refractivity contribution in [3.05, 3.63) is 95.4 Å². The average molecular weight is 489 g/mol. The molecule has 176 valence electrons. The molecule has 2 aromatic heterocycles. The third-order valence-electron chi connectivity index (χ3n) is 5.57. The van der Waals surface area contributed by atoms with Crippen LogP contribution in [0, 0.1) is 0 Å². The normalized spacial score (nSPS) is 15.6. The Morgan fingerprint density at radius 2 is 2.11 bits per heavy atom. The summed E-state index contributed by atoms with van der Waals surface area (Å²) in [5.74, 6) is -1.02. The molecule has 1 aliphatic rings. The summed E-state index contributed by atoms with van der Waals surface area (Å²) in [6.45, 7) is 3.94. The summed E-state index contributed by atoms with van der Waals surface area (Å²) in [5.41, 5.74) is 0.858. The van der Waals surface area contributed by atoms with Gasteiger partial charge in [-0.3, -0.25) is 14.5 Å². The predicted molar refractivity (Wildman–Crippen MR) is 131 cm³/mol. The summed E-state index contributed by atoms with van der Waals surface area (Å²) in [4.78, 5) is 32.5. The minimum atomic E-state index is -0.941. The van der Waals surface area contributed by atoms with Gasteiger partial charge in [0.05, 0.1) is 18.7 Å². The van der Waals surface area contributed by atoms with E-state index >= 15 is 0 Å². The molecule has 1 N–H and O–H groups in total. The van der Waals surface area contributed by atoms with E-state index in [4.69, 9.17) is 13.9 Å². The minimum Gasteiger partial charge on any atom is -0.503 e. The maximum absolute atomic E-state index is 13.7. The molecule has 9 heteroatoms. The maximum Gasteiger partial charge on any atom is 0.296 e. The predicted octanol–water partition coefficient (Wildman–Crippen LogP) is 5.25. The number of nitrogens with zero attached hydrogens (tertiary/aromatic N) is 2. The Morgan fingerprint density at radius 3 is 2.86 bits per heavy atom. The number of fused-ring (bicyclic) bond motifs is 1. The standard InChI is InChI=1S/C26H20N2O6S/c1-3-11-33-17-8-4-6-15(13-17)21-20(23(30)25(31)28(21)26-27-10-12-35-26)22(29)19-14-16-7-5-9-18(32-2)24(16)34-19/h3-10,12-14,21,30H,1,11H2,2H3. The maximum atomic E-state index is 13.7. The Kier molecular flexibility index (Phi) is 5.84. The monoisotopic (exact) mass is 488 g/mol. The fourth-order valence-electron chi connectivity index (χ4n) is 4.06. The Bertz CT molecular complexity index is 1470. The number of ether oxygens (including phenoxy) is 2. The van der Waals surface area contributed by atoms with Gasteiger partial charge in [0.1, 0.15) is 12.4 Å². The molecule has 1 atom stereocenters. The van der Waals surface area contributed by atoms with Gasteiger partial charge < -0.3 is 19.0 Å². The number of amides is 1. The average Bonchev–Trinajstić information content (AvgIpc) is 3.61. The number of carbonyl (C=O) groups excluding carboxylic acids is 2. The first-order chi connectivity index (χ1) is 17.0. The zero-order valence-corrected chi connectivity index (χ0v) is 19.5. The van der Waals surface area contributed by atoms with Crippen LogP contribution >= 0.6 is 11.3 Å². The van der Waals surface area contributed by atoms with Crippen molar-refractivity contribution in [1.82, 2.24) is 4.98 Å². The summed E-state index contributed by atoms with van der Waals surface area (Å²) >= 11 is 1.22. The van der Waals surface area contributed by atoms with Crippen LogP contribution in [0.1, 0.15) is 22.2 Å². The van der Waals surface area contributed by atoms with Gasteiger partial charge >= 0.3 is 0 Å². The summed E-state index contributed by atoms with van der Waals surface area (Å²) in [6, 6.07) is 12.9. The molecular weight excluding hydrogens is 468 g/mol. The van der Waals surface area contributed by atoms with Crippen LogP contribution < -0.4 is 14.4 Å². The SMILES string of the molecule is C=CCOc1cccc(C2C(C(=O)c3cc4cccc(OC)c4o3)=C(O)C(=O)N2c2nccs2)c1. The third kappa shape index (κ3) is 3.85. The van der Waals surface area contributed by atoms with Crippen LogP contribution in [0.2, 0.25) is 0 Å². The number of hydrogen-bond acceptors (Lipinski definition) is 8. The van der Waals surface area contributed by atoms with E-state index in [1.54, 1.807) is 66.2 Å². The number of thiazole rings is 1. The Hall–Kier alpha value is -4.37. The molecule has 0 bridgehead atoms. The Labute approximate surface area is 204 Å². The summed E-state index contributed by atoms with van der Waals surface area (Å²) in [6.07, 6.45) is 3.17. The lowest BCUT2D eigenvalue weighted by molar-refractivity contribution is -0.117. The number of hydrogen-bond donors (Lipinski definition) is 1. The number of rotatable bonds is 8. The van der Waals surface area contributed by atoms with Gasteiger partial charge in [0.15, 0.2) is 28.0 Å². The number of benzene rings is 2. The smallest absolute Gasteiger partial charge is 0.296 e. The first kappa shape index (κ1) is 22.4. The first-order valence-corrected chi connectivity index (χ1v) is 11.5. The number of methoxy groups -OCH3 is 1. The van der Waals surface area contributed by atoms with E-state index in [1.807, 2.05) is 0 Å². The highest BCUT2D eigenvalue weighted by Gasteiger charge is 2.46. The van der Waals surface area contributed by atoms with E-state index in [-0.39, 0.29) is 17.9 Å². The van der Waals surface area contributed by atoms with Gasteiger partial charge in [0.2, 0.25) is 5.78 Å². The van der Waals surface area contributed by atoms with Crippen molar-refractivity contribution in [1.29, 1.82) is 0 Å². The van der Waals surface area contributed by atoms with Gasteiger partial charge in [-0.25, -0.2) is 4.98 Å². The highest BCUT2D eigenvalue weighted by Crippen LogP contribution is 2.43. The molecule has 2 aromatic carbocycles. The van der Waals surface area contributed by atoms with Crippen molar-refractivity contribution in [2.75, 3.05) is 18.6 Å². The molecule has 1 aliphatic heterocycles. The zero-order chi connectivity index (χ0) is 24.5. The molecule has 8 nitrogen and oxygen atoms in total. The van der Waals surface area contributed by atoms with Crippen LogP contribution in [0.25, 0.3) is 11.0 Å². The molecule has 0 fully saturated rings. The molecule has 5 rings (SSSR count). The van der Waals surface area contributed by atoms with Crippen molar-refractivity contribution in [2.45, 2.75) is 6.04 Å². The highest BCUT2D eigenvalue weighted by atomic mass is 32.1. The topological polar surface area (TPSA) is 102 Å². The van der Waals surface area contributed by atoms with E-state index in [9.17, 15) is 14.7 Å². The fraction of sp³-hybridized carbons (Fsp3) is 0.115. The van der Waals surface area contributed by atoms with Crippen LogP contribution in [0.4, 0.5) is 5.13 Å². The van der Waals surface area contributed by atoms with E-state index in [0.29, 0.717) is 33.2 Å². The molecule has 0 aliphatic carbocycles. The zero-order valence-electron chi connectivity index (χ0n) is 18.6. The molecule has 0 radical (unpaired) electrons. The largest absolute Gasteiger partial charge is 0.503 e. The van der Waals surface area contributed by atoms with Gasteiger partial charge in [0, 0.05) is 17.0 Å². The summed E-state index contributed by atoms with van der Waals surface area (Å²) in [7, 11) is 1.51.